The van der Waals surface area contributed by atoms with E-state index in [4.69, 9.17) is 10.5 Å². The van der Waals surface area contributed by atoms with Crippen molar-refractivity contribution in [2.24, 2.45) is 11.7 Å². The summed E-state index contributed by atoms with van der Waals surface area (Å²) in [6.07, 6.45) is -0.636. The number of carbonyl (C=O) groups excluding carboxylic acids is 1. The van der Waals surface area contributed by atoms with Gasteiger partial charge in [0.05, 0.1) is 0 Å². The Morgan fingerprint density at radius 2 is 2.11 bits per heavy atom. The van der Waals surface area contributed by atoms with Gasteiger partial charge in [0.1, 0.15) is 5.60 Å². The van der Waals surface area contributed by atoms with E-state index >= 15 is 0 Å². The van der Waals surface area contributed by atoms with E-state index in [1.54, 1.807) is 20.8 Å². The number of hydrogen-bond donors (Lipinski definition) is 1. The van der Waals surface area contributed by atoms with E-state index in [9.17, 15) is 13.6 Å². The number of alkyl halides is 2. The maximum Gasteiger partial charge on any atom is 0.410 e. The number of piperidine rings is 1. The van der Waals surface area contributed by atoms with Crippen molar-refractivity contribution in [3.05, 3.63) is 0 Å². The molecule has 1 amide bonds. The van der Waals surface area contributed by atoms with Crippen LogP contribution in [0, 0.1) is 5.92 Å². The number of nitrogens with two attached hydrogens (primary N) is 1. The quantitative estimate of drug-likeness (QED) is 0.832. The monoisotopic (exact) mass is 264 g/mol. The lowest BCUT2D eigenvalue weighted by molar-refractivity contribution is -0.106. The van der Waals surface area contributed by atoms with Crippen LogP contribution in [-0.2, 0) is 4.74 Å². The Balaban J connectivity index is 2.63. The lowest BCUT2D eigenvalue weighted by Crippen LogP contribution is -2.50. The van der Waals surface area contributed by atoms with Crippen LogP contribution in [0.2, 0.25) is 0 Å². The summed E-state index contributed by atoms with van der Waals surface area (Å²) in [5, 5.41) is 0. The van der Waals surface area contributed by atoms with Crippen molar-refractivity contribution >= 4 is 6.09 Å². The molecule has 0 aromatic rings. The van der Waals surface area contributed by atoms with Gasteiger partial charge in [0.25, 0.3) is 5.92 Å². The molecule has 1 rings (SSSR count). The smallest absolute Gasteiger partial charge is 0.410 e. The molecule has 6 heteroatoms. The van der Waals surface area contributed by atoms with Crippen molar-refractivity contribution in [1.29, 1.82) is 0 Å². The van der Waals surface area contributed by atoms with Gasteiger partial charge in [0, 0.05) is 25.4 Å². The first-order valence-electron chi connectivity index (χ1n) is 6.21. The zero-order chi connectivity index (χ0) is 14.0. The Hall–Kier alpha value is -0.910. The maximum atomic E-state index is 13.6. The molecule has 4 nitrogen and oxygen atoms in total. The fourth-order valence-electron chi connectivity index (χ4n) is 1.97. The molecule has 1 saturated heterocycles. The van der Waals surface area contributed by atoms with Crippen LogP contribution in [0.15, 0.2) is 0 Å². The number of rotatable bonds is 2. The van der Waals surface area contributed by atoms with Gasteiger partial charge in [-0.2, -0.15) is 0 Å². The Labute approximate surface area is 106 Å². The Bertz CT molecular complexity index is 303. The molecule has 1 aliphatic rings. The van der Waals surface area contributed by atoms with E-state index in [1.165, 1.54) is 4.90 Å². The van der Waals surface area contributed by atoms with Crippen LogP contribution >= 0.6 is 0 Å². The van der Waals surface area contributed by atoms with E-state index in [0.29, 0.717) is 0 Å². The molecule has 0 aromatic heterocycles. The topological polar surface area (TPSA) is 55.6 Å². The van der Waals surface area contributed by atoms with Gasteiger partial charge < -0.3 is 15.4 Å². The standard InChI is InChI=1S/C12H22F2N2O2/c1-11(2,3)18-10(17)16-7-5-12(13,14)9(8-16)4-6-15/h9H,4-8,15H2,1-3H3. The molecule has 1 fully saturated rings. The summed E-state index contributed by atoms with van der Waals surface area (Å²) in [4.78, 5) is 13.2. The van der Waals surface area contributed by atoms with Gasteiger partial charge in [-0.1, -0.05) is 0 Å². The van der Waals surface area contributed by atoms with Crippen LogP contribution < -0.4 is 5.73 Å². The summed E-state index contributed by atoms with van der Waals surface area (Å²) in [7, 11) is 0. The maximum absolute atomic E-state index is 13.6. The second-order valence-corrected chi connectivity index (χ2v) is 5.71. The molecule has 0 spiro atoms. The minimum absolute atomic E-state index is 0.0130. The number of nitrogens with zero attached hydrogens (tertiary/aromatic N) is 1. The van der Waals surface area contributed by atoms with E-state index < -0.39 is 23.5 Å². The Morgan fingerprint density at radius 3 is 2.61 bits per heavy atom. The predicted molar refractivity (Wildman–Crippen MR) is 64.5 cm³/mol. The summed E-state index contributed by atoms with van der Waals surface area (Å²) in [5.74, 6) is -3.61. The van der Waals surface area contributed by atoms with Gasteiger partial charge in [-0.15, -0.1) is 0 Å². The summed E-state index contributed by atoms with van der Waals surface area (Å²) in [5.41, 5.74) is 4.73. The van der Waals surface area contributed by atoms with Gasteiger partial charge in [-0.3, -0.25) is 0 Å². The summed E-state index contributed by atoms with van der Waals surface area (Å²) in [6, 6.07) is 0. The van der Waals surface area contributed by atoms with Crippen molar-refractivity contribution in [3.63, 3.8) is 0 Å². The predicted octanol–water partition coefficient (Wildman–Crippen LogP) is 2.23. The van der Waals surface area contributed by atoms with Crippen LogP contribution in [0.4, 0.5) is 13.6 Å². The van der Waals surface area contributed by atoms with Crippen molar-refractivity contribution in [3.8, 4) is 0 Å². The van der Waals surface area contributed by atoms with Crippen LogP contribution in [0.3, 0.4) is 0 Å². The minimum atomic E-state index is -2.74. The van der Waals surface area contributed by atoms with Gasteiger partial charge in [-0.25, -0.2) is 13.6 Å². The molecule has 18 heavy (non-hydrogen) atoms. The third-order valence-electron chi connectivity index (χ3n) is 2.92. The van der Waals surface area contributed by atoms with Crippen molar-refractivity contribution in [2.75, 3.05) is 19.6 Å². The molecule has 0 radical (unpaired) electrons. The fourth-order valence-corrected chi connectivity index (χ4v) is 1.97. The van der Waals surface area contributed by atoms with E-state index in [-0.39, 0.29) is 32.5 Å². The van der Waals surface area contributed by atoms with Crippen LogP contribution in [-0.4, -0.2) is 42.2 Å². The van der Waals surface area contributed by atoms with Gasteiger partial charge in [0.2, 0.25) is 0 Å². The number of likely N-dealkylation sites (tertiary alicyclic amines) is 1. The zero-order valence-corrected chi connectivity index (χ0v) is 11.2. The summed E-state index contributed by atoms with van der Waals surface area (Å²) < 4.78 is 32.4. The number of carbonyl (C=O) groups is 1. The summed E-state index contributed by atoms with van der Waals surface area (Å²) >= 11 is 0. The Kier molecular flexibility index (Phi) is 4.53. The van der Waals surface area contributed by atoms with Gasteiger partial charge in [-0.05, 0) is 33.7 Å². The molecular formula is C12H22F2N2O2. The van der Waals surface area contributed by atoms with Crippen molar-refractivity contribution in [2.45, 2.75) is 45.1 Å². The number of ether oxygens (including phenoxy) is 1. The molecule has 2 N–H and O–H groups in total. The number of halogens is 2. The molecule has 1 atom stereocenters. The zero-order valence-electron chi connectivity index (χ0n) is 11.2. The lowest BCUT2D eigenvalue weighted by atomic mass is 9.91. The molecule has 0 bridgehead atoms. The lowest BCUT2D eigenvalue weighted by Gasteiger charge is -2.38. The molecule has 1 aliphatic heterocycles. The number of hydrogen-bond acceptors (Lipinski definition) is 3. The highest BCUT2D eigenvalue weighted by Crippen LogP contribution is 2.35. The molecule has 0 saturated carbocycles. The number of amides is 1. The van der Waals surface area contributed by atoms with Crippen LogP contribution in [0.1, 0.15) is 33.6 Å². The minimum Gasteiger partial charge on any atom is -0.444 e. The average Bonchev–Trinajstić information content (AvgIpc) is 2.18. The molecule has 0 aromatic carbocycles. The highest BCUT2D eigenvalue weighted by Gasteiger charge is 2.45. The van der Waals surface area contributed by atoms with E-state index in [2.05, 4.69) is 0 Å². The Morgan fingerprint density at radius 1 is 1.50 bits per heavy atom. The third-order valence-corrected chi connectivity index (χ3v) is 2.92. The average molecular weight is 264 g/mol. The van der Waals surface area contributed by atoms with Crippen LogP contribution in [0.25, 0.3) is 0 Å². The SMILES string of the molecule is CC(C)(C)OC(=O)N1CCC(F)(F)C(CCN)C1. The van der Waals surface area contributed by atoms with Gasteiger partial charge >= 0.3 is 6.09 Å². The summed E-state index contributed by atoms with van der Waals surface area (Å²) in [6.45, 7) is 5.49. The largest absolute Gasteiger partial charge is 0.444 e. The fraction of sp³-hybridized carbons (Fsp3) is 0.917. The first-order valence-corrected chi connectivity index (χ1v) is 6.21. The molecule has 1 unspecified atom stereocenters. The van der Waals surface area contributed by atoms with Crippen molar-refractivity contribution in [1.82, 2.24) is 4.90 Å². The highest BCUT2D eigenvalue weighted by atomic mass is 19.3. The molecule has 0 aliphatic carbocycles. The van der Waals surface area contributed by atoms with Crippen LogP contribution in [0.5, 0.6) is 0 Å². The normalized spacial score (nSPS) is 23.9. The first kappa shape index (κ1) is 15.1. The first-order chi connectivity index (χ1) is 8.15. The molecule has 106 valence electrons. The van der Waals surface area contributed by atoms with Crippen molar-refractivity contribution < 1.29 is 18.3 Å². The van der Waals surface area contributed by atoms with Gasteiger partial charge in [0.15, 0.2) is 0 Å². The second kappa shape index (κ2) is 5.38. The molecular weight excluding hydrogens is 242 g/mol. The van der Waals surface area contributed by atoms with E-state index in [0.717, 1.165) is 0 Å². The highest BCUT2D eigenvalue weighted by molar-refractivity contribution is 5.68. The molecule has 1 heterocycles. The third kappa shape index (κ3) is 4.08. The second-order valence-electron chi connectivity index (χ2n) is 5.71. The van der Waals surface area contributed by atoms with E-state index in [1.807, 2.05) is 0 Å².